The number of furan rings is 1. The second-order valence-corrected chi connectivity index (χ2v) is 6.55. The van der Waals surface area contributed by atoms with E-state index in [9.17, 15) is 9.59 Å². The van der Waals surface area contributed by atoms with Crippen molar-refractivity contribution >= 4 is 11.9 Å². The van der Waals surface area contributed by atoms with Crippen molar-refractivity contribution in [2.24, 2.45) is 0 Å². The van der Waals surface area contributed by atoms with E-state index in [1.807, 2.05) is 42.6 Å². The number of amides is 3. The van der Waals surface area contributed by atoms with Gasteiger partial charge in [-0.05, 0) is 19.1 Å². The lowest BCUT2D eigenvalue weighted by Gasteiger charge is -2.16. The van der Waals surface area contributed by atoms with E-state index in [-0.39, 0.29) is 25.0 Å². The molecule has 0 bridgehead atoms. The van der Waals surface area contributed by atoms with Crippen LogP contribution in [0.4, 0.5) is 4.79 Å². The molecule has 0 radical (unpaired) electrons. The Labute approximate surface area is 164 Å². The van der Waals surface area contributed by atoms with Gasteiger partial charge in [0.15, 0.2) is 6.54 Å². The van der Waals surface area contributed by atoms with E-state index in [1.165, 1.54) is 11.8 Å². The number of nitrogens with two attached hydrogens (primary N) is 1. The Morgan fingerprint density at radius 2 is 1.68 bits per heavy atom. The third-order valence-electron chi connectivity index (χ3n) is 4.39. The molecule has 4 N–H and O–H groups in total. The van der Waals surface area contributed by atoms with Gasteiger partial charge in [-0.1, -0.05) is 60.2 Å². The Morgan fingerprint density at radius 1 is 0.964 bits per heavy atom. The van der Waals surface area contributed by atoms with Gasteiger partial charge in [-0.25, -0.2) is 4.79 Å². The average Bonchev–Trinajstić information content (AvgIpc) is 3.22. The molecule has 1 aromatic heterocycles. The lowest BCUT2D eigenvalue weighted by Crippen LogP contribution is -2.88. The van der Waals surface area contributed by atoms with Crippen molar-refractivity contribution in [1.82, 2.24) is 10.6 Å². The fourth-order valence-corrected chi connectivity index (χ4v) is 2.93. The van der Waals surface area contributed by atoms with E-state index in [4.69, 9.17) is 4.42 Å². The molecule has 0 fully saturated rings. The van der Waals surface area contributed by atoms with Gasteiger partial charge in [-0.3, -0.25) is 10.1 Å². The van der Waals surface area contributed by atoms with Crippen molar-refractivity contribution in [1.29, 1.82) is 0 Å². The normalized spacial score (nSPS) is 11.6. The maximum Gasteiger partial charge on any atom is 0.321 e. The number of hydrogen-bond donors (Lipinski definition) is 3. The fourth-order valence-electron chi connectivity index (χ4n) is 2.93. The zero-order valence-corrected chi connectivity index (χ0v) is 15.7. The van der Waals surface area contributed by atoms with Crippen LogP contribution >= 0.6 is 0 Å². The van der Waals surface area contributed by atoms with Crippen molar-refractivity contribution in [2.45, 2.75) is 19.5 Å². The van der Waals surface area contributed by atoms with E-state index in [0.29, 0.717) is 5.76 Å². The molecule has 0 spiro atoms. The van der Waals surface area contributed by atoms with Crippen LogP contribution in [0, 0.1) is 6.92 Å². The Kier molecular flexibility index (Phi) is 6.59. The van der Waals surface area contributed by atoms with E-state index < -0.39 is 6.03 Å². The molecule has 28 heavy (non-hydrogen) atoms. The number of imide groups is 1. The highest BCUT2D eigenvalue weighted by Crippen LogP contribution is 2.18. The smallest absolute Gasteiger partial charge is 0.321 e. The summed E-state index contributed by atoms with van der Waals surface area (Å²) in [6.07, 6.45) is 1.53. The van der Waals surface area contributed by atoms with E-state index in [1.54, 1.807) is 12.1 Å². The van der Waals surface area contributed by atoms with Crippen LogP contribution in [-0.2, 0) is 11.3 Å². The standard InChI is InChI=1S/C22H23N3O3/c1-16-9-11-18(12-10-16)21(17-6-3-2-4-7-17)23-15-20(26)25-22(27)24-14-19-8-5-13-28-19/h2-13,21,23H,14-15H2,1H3,(H2,24,25,26,27)/p+1/t21-/m0/s1. The first kappa shape index (κ1) is 19.4. The predicted molar refractivity (Wildman–Crippen MR) is 105 cm³/mol. The summed E-state index contributed by atoms with van der Waals surface area (Å²) in [7, 11) is 0. The number of nitrogens with one attached hydrogen (secondary N) is 2. The molecule has 1 heterocycles. The highest BCUT2D eigenvalue weighted by atomic mass is 16.3. The quantitative estimate of drug-likeness (QED) is 0.589. The molecule has 144 valence electrons. The van der Waals surface area contributed by atoms with Crippen LogP contribution in [-0.4, -0.2) is 18.5 Å². The lowest BCUT2D eigenvalue weighted by molar-refractivity contribution is -0.676. The molecule has 1 atom stereocenters. The third kappa shape index (κ3) is 5.56. The number of quaternary nitrogens is 1. The average molecular weight is 378 g/mol. The molecule has 2 aromatic carbocycles. The summed E-state index contributed by atoms with van der Waals surface area (Å²) in [5.41, 5.74) is 3.38. The van der Waals surface area contributed by atoms with Crippen molar-refractivity contribution in [2.75, 3.05) is 6.54 Å². The number of urea groups is 1. The van der Waals surface area contributed by atoms with Crippen LogP contribution < -0.4 is 16.0 Å². The number of hydrogen-bond acceptors (Lipinski definition) is 3. The van der Waals surface area contributed by atoms with Gasteiger partial charge in [0.1, 0.15) is 11.8 Å². The minimum atomic E-state index is -0.540. The van der Waals surface area contributed by atoms with Gasteiger partial charge in [0.25, 0.3) is 5.91 Å². The highest BCUT2D eigenvalue weighted by Gasteiger charge is 2.19. The molecule has 0 aliphatic heterocycles. The van der Waals surface area contributed by atoms with Crippen LogP contribution in [0.25, 0.3) is 0 Å². The maximum atomic E-state index is 12.2. The van der Waals surface area contributed by atoms with E-state index in [0.717, 1.165) is 11.1 Å². The highest BCUT2D eigenvalue weighted by molar-refractivity contribution is 5.94. The monoisotopic (exact) mass is 378 g/mol. The minimum Gasteiger partial charge on any atom is -0.467 e. The molecule has 3 aromatic rings. The summed E-state index contributed by atoms with van der Waals surface area (Å²) in [4.78, 5) is 24.1. The molecule has 6 nitrogen and oxygen atoms in total. The Bertz CT molecular complexity index is 891. The van der Waals surface area contributed by atoms with Crippen molar-refractivity contribution < 1.29 is 19.3 Å². The molecule has 3 amide bonds. The van der Waals surface area contributed by atoms with Crippen LogP contribution in [0.5, 0.6) is 0 Å². The number of aryl methyl sites for hydroxylation is 1. The summed E-state index contributed by atoms with van der Waals surface area (Å²) in [6.45, 7) is 2.40. The first-order valence-electron chi connectivity index (χ1n) is 9.17. The van der Waals surface area contributed by atoms with Gasteiger partial charge >= 0.3 is 6.03 Å². The molecule has 0 aliphatic carbocycles. The Balaban J connectivity index is 1.57. The van der Waals surface area contributed by atoms with Crippen LogP contribution in [0.1, 0.15) is 28.5 Å². The maximum absolute atomic E-state index is 12.2. The second kappa shape index (κ2) is 9.53. The zero-order chi connectivity index (χ0) is 19.8. The zero-order valence-electron chi connectivity index (χ0n) is 15.7. The molecular formula is C22H24N3O3+. The van der Waals surface area contributed by atoms with Crippen LogP contribution in [0.2, 0.25) is 0 Å². The first-order valence-corrected chi connectivity index (χ1v) is 9.17. The summed E-state index contributed by atoms with van der Waals surface area (Å²) >= 11 is 0. The van der Waals surface area contributed by atoms with Crippen LogP contribution in [0.15, 0.2) is 77.4 Å². The minimum absolute atomic E-state index is 0.0290. The summed E-state index contributed by atoms with van der Waals surface area (Å²) < 4.78 is 5.14. The molecule has 0 saturated carbocycles. The van der Waals surface area contributed by atoms with Gasteiger partial charge in [0.2, 0.25) is 0 Å². The lowest BCUT2D eigenvalue weighted by atomic mass is 9.98. The van der Waals surface area contributed by atoms with Crippen LogP contribution in [0.3, 0.4) is 0 Å². The molecule has 0 saturated heterocycles. The van der Waals surface area contributed by atoms with Gasteiger partial charge in [-0.2, -0.15) is 0 Å². The Hall–Kier alpha value is -3.38. The number of benzene rings is 2. The molecule has 0 unspecified atom stereocenters. The van der Waals surface area contributed by atoms with Gasteiger partial charge in [-0.15, -0.1) is 0 Å². The van der Waals surface area contributed by atoms with Crippen molar-refractivity contribution in [3.63, 3.8) is 0 Å². The summed E-state index contributed by atoms with van der Waals surface area (Å²) in [5, 5.41) is 6.87. The SMILES string of the molecule is Cc1ccc([C@@H]([NH2+]CC(=O)NC(=O)NCc2ccco2)c2ccccc2)cc1. The summed E-state index contributed by atoms with van der Waals surface area (Å²) in [5.74, 6) is 0.266. The Morgan fingerprint density at radius 3 is 2.36 bits per heavy atom. The summed E-state index contributed by atoms with van der Waals surface area (Å²) in [6, 6.07) is 21.2. The van der Waals surface area contributed by atoms with Gasteiger partial charge < -0.3 is 15.1 Å². The fraction of sp³-hybridized carbons (Fsp3) is 0.182. The second-order valence-electron chi connectivity index (χ2n) is 6.55. The topological polar surface area (TPSA) is 88.0 Å². The van der Waals surface area contributed by atoms with Crippen molar-refractivity contribution in [3.05, 3.63) is 95.4 Å². The third-order valence-corrected chi connectivity index (χ3v) is 4.39. The van der Waals surface area contributed by atoms with E-state index in [2.05, 4.69) is 34.9 Å². The predicted octanol–water partition coefficient (Wildman–Crippen LogP) is 2.27. The van der Waals surface area contributed by atoms with Gasteiger partial charge in [0.05, 0.1) is 12.8 Å². The molecule has 6 heteroatoms. The molecular weight excluding hydrogens is 354 g/mol. The molecule has 0 aliphatic rings. The first-order chi connectivity index (χ1) is 13.6. The number of rotatable bonds is 7. The van der Waals surface area contributed by atoms with Gasteiger partial charge in [0, 0.05) is 11.1 Å². The largest absolute Gasteiger partial charge is 0.467 e. The number of carbonyl (C=O) groups excluding carboxylic acids is 2. The number of carbonyl (C=O) groups is 2. The van der Waals surface area contributed by atoms with Crippen molar-refractivity contribution in [3.8, 4) is 0 Å². The molecule has 3 rings (SSSR count). The van der Waals surface area contributed by atoms with E-state index >= 15 is 0 Å².